The molecule has 1 aromatic rings. The van der Waals surface area contributed by atoms with E-state index in [0.717, 1.165) is 25.9 Å². The summed E-state index contributed by atoms with van der Waals surface area (Å²) in [5, 5.41) is 2.61. The van der Waals surface area contributed by atoms with E-state index >= 15 is 0 Å². The van der Waals surface area contributed by atoms with Crippen LogP contribution in [0.2, 0.25) is 0 Å². The van der Waals surface area contributed by atoms with E-state index in [9.17, 15) is 9.59 Å². The highest BCUT2D eigenvalue weighted by atomic mass is 16.3. The second-order valence-electron chi connectivity index (χ2n) is 4.49. The first kappa shape index (κ1) is 12.7. The summed E-state index contributed by atoms with van der Waals surface area (Å²) in [5.41, 5.74) is 0.443. The smallest absolute Gasteiger partial charge is 0.254 e. The average molecular weight is 250 g/mol. The Labute approximate surface area is 106 Å². The molecular formula is C13H18N2O3. The van der Waals surface area contributed by atoms with Crippen LogP contribution in [0.25, 0.3) is 0 Å². The Hall–Kier alpha value is -1.78. The van der Waals surface area contributed by atoms with E-state index in [1.165, 1.54) is 25.4 Å². The predicted molar refractivity (Wildman–Crippen MR) is 66.1 cm³/mol. The summed E-state index contributed by atoms with van der Waals surface area (Å²) in [5.74, 6) is -0.277. The summed E-state index contributed by atoms with van der Waals surface area (Å²) in [7, 11) is 0. The predicted octanol–water partition coefficient (Wildman–Crippen LogP) is 1.41. The molecule has 18 heavy (non-hydrogen) atoms. The summed E-state index contributed by atoms with van der Waals surface area (Å²) >= 11 is 0. The lowest BCUT2D eigenvalue weighted by Crippen LogP contribution is -2.40. The number of carbonyl (C=O) groups is 2. The normalized spacial score (nSPS) is 16.1. The van der Waals surface area contributed by atoms with Crippen LogP contribution in [-0.4, -0.2) is 36.3 Å². The van der Waals surface area contributed by atoms with Crippen molar-refractivity contribution in [3.63, 3.8) is 0 Å². The third kappa shape index (κ3) is 3.35. The van der Waals surface area contributed by atoms with Crippen molar-refractivity contribution in [2.45, 2.75) is 25.7 Å². The molecule has 1 fully saturated rings. The third-order valence-electron chi connectivity index (χ3n) is 3.14. The Morgan fingerprint density at radius 3 is 2.56 bits per heavy atom. The van der Waals surface area contributed by atoms with Crippen LogP contribution in [0, 0.1) is 0 Å². The molecule has 2 heterocycles. The summed E-state index contributed by atoms with van der Waals surface area (Å²) in [6.45, 7) is 1.67. The highest BCUT2D eigenvalue weighted by Gasteiger charge is 2.16. The largest absolute Gasteiger partial charge is 0.472 e. The van der Waals surface area contributed by atoms with Crippen molar-refractivity contribution < 1.29 is 14.0 Å². The zero-order valence-corrected chi connectivity index (χ0v) is 10.4. The first-order chi connectivity index (χ1) is 8.77. The molecule has 0 aliphatic carbocycles. The minimum absolute atomic E-state index is 0.00579. The Bertz CT molecular complexity index is 392. The van der Waals surface area contributed by atoms with Crippen molar-refractivity contribution in [1.29, 1.82) is 0 Å². The molecule has 98 valence electrons. The molecule has 2 rings (SSSR count). The molecule has 1 aliphatic heterocycles. The molecule has 0 atom stereocenters. The van der Waals surface area contributed by atoms with Gasteiger partial charge in [-0.05, 0) is 18.9 Å². The van der Waals surface area contributed by atoms with Gasteiger partial charge in [0.05, 0.1) is 18.4 Å². The average Bonchev–Trinajstić information content (AvgIpc) is 2.78. The maximum absolute atomic E-state index is 11.9. The molecule has 1 saturated heterocycles. The second-order valence-corrected chi connectivity index (χ2v) is 4.49. The standard InChI is InChI=1S/C13H18N2O3/c16-12(15-6-3-1-2-4-7-15)9-14-13(17)11-5-8-18-10-11/h5,8,10H,1-4,6-7,9H2,(H,14,17). The molecular weight excluding hydrogens is 232 g/mol. The number of hydrogen-bond acceptors (Lipinski definition) is 3. The van der Waals surface area contributed by atoms with Gasteiger partial charge in [0.25, 0.3) is 5.91 Å². The zero-order valence-electron chi connectivity index (χ0n) is 10.4. The van der Waals surface area contributed by atoms with Crippen molar-refractivity contribution >= 4 is 11.8 Å². The molecule has 0 saturated carbocycles. The summed E-state index contributed by atoms with van der Waals surface area (Å²) in [4.78, 5) is 25.4. The number of furan rings is 1. The number of rotatable bonds is 3. The minimum Gasteiger partial charge on any atom is -0.472 e. The number of nitrogens with zero attached hydrogens (tertiary/aromatic N) is 1. The van der Waals surface area contributed by atoms with Crippen molar-refractivity contribution in [3.05, 3.63) is 24.2 Å². The van der Waals surface area contributed by atoms with E-state index in [0.29, 0.717) is 5.56 Å². The molecule has 5 heteroatoms. The van der Waals surface area contributed by atoms with Crippen molar-refractivity contribution in [1.82, 2.24) is 10.2 Å². The number of hydrogen-bond donors (Lipinski definition) is 1. The lowest BCUT2D eigenvalue weighted by Gasteiger charge is -2.20. The Morgan fingerprint density at radius 1 is 1.22 bits per heavy atom. The van der Waals surface area contributed by atoms with E-state index in [4.69, 9.17) is 4.42 Å². The number of nitrogens with one attached hydrogen (secondary N) is 1. The monoisotopic (exact) mass is 250 g/mol. The van der Waals surface area contributed by atoms with Crippen LogP contribution in [0.1, 0.15) is 36.0 Å². The number of amides is 2. The van der Waals surface area contributed by atoms with Gasteiger partial charge in [0.15, 0.2) is 0 Å². The summed E-state index contributed by atoms with van der Waals surface area (Å²) in [6.07, 6.45) is 7.29. The van der Waals surface area contributed by atoms with Gasteiger partial charge in [-0.2, -0.15) is 0 Å². The van der Waals surface area contributed by atoms with Crippen LogP contribution in [-0.2, 0) is 4.79 Å². The van der Waals surface area contributed by atoms with Crippen molar-refractivity contribution in [3.8, 4) is 0 Å². The molecule has 5 nitrogen and oxygen atoms in total. The van der Waals surface area contributed by atoms with Gasteiger partial charge in [-0.15, -0.1) is 0 Å². The third-order valence-corrected chi connectivity index (χ3v) is 3.14. The highest BCUT2D eigenvalue weighted by molar-refractivity contribution is 5.96. The fraction of sp³-hybridized carbons (Fsp3) is 0.538. The topological polar surface area (TPSA) is 62.6 Å². The Morgan fingerprint density at radius 2 is 1.94 bits per heavy atom. The highest BCUT2D eigenvalue weighted by Crippen LogP contribution is 2.09. The Kier molecular flexibility index (Phi) is 4.39. The second kappa shape index (κ2) is 6.23. The van der Waals surface area contributed by atoms with Crippen molar-refractivity contribution in [2.75, 3.05) is 19.6 Å². The van der Waals surface area contributed by atoms with Crippen LogP contribution < -0.4 is 5.32 Å². The van der Waals surface area contributed by atoms with Gasteiger partial charge in [-0.1, -0.05) is 12.8 Å². The van der Waals surface area contributed by atoms with Gasteiger partial charge in [0.2, 0.25) is 5.91 Å². The van der Waals surface area contributed by atoms with Crippen LogP contribution >= 0.6 is 0 Å². The first-order valence-electron chi connectivity index (χ1n) is 6.35. The minimum atomic E-state index is -0.271. The van der Waals surface area contributed by atoms with E-state index in [1.807, 2.05) is 4.90 Å². The molecule has 1 aromatic heterocycles. The van der Waals surface area contributed by atoms with E-state index in [-0.39, 0.29) is 18.4 Å². The lowest BCUT2D eigenvalue weighted by atomic mass is 10.2. The molecule has 0 radical (unpaired) electrons. The summed E-state index contributed by atoms with van der Waals surface area (Å²) < 4.78 is 4.82. The fourth-order valence-electron chi connectivity index (χ4n) is 2.08. The molecule has 0 aromatic carbocycles. The lowest BCUT2D eigenvalue weighted by molar-refractivity contribution is -0.130. The van der Waals surface area contributed by atoms with E-state index in [2.05, 4.69) is 5.32 Å². The van der Waals surface area contributed by atoms with Gasteiger partial charge >= 0.3 is 0 Å². The quantitative estimate of drug-likeness (QED) is 0.882. The van der Waals surface area contributed by atoms with Gasteiger partial charge in [-0.3, -0.25) is 9.59 Å². The van der Waals surface area contributed by atoms with Crippen LogP contribution in [0.4, 0.5) is 0 Å². The van der Waals surface area contributed by atoms with Crippen LogP contribution in [0.5, 0.6) is 0 Å². The molecule has 0 bridgehead atoms. The molecule has 1 aliphatic rings. The maximum atomic E-state index is 11.9. The first-order valence-corrected chi connectivity index (χ1v) is 6.35. The van der Waals surface area contributed by atoms with Crippen molar-refractivity contribution in [2.24, 2.45) is 0 Å². The fourth-order valence-corrected chi connectivity index (χ4v) is 2.08. The summed E-state index contributed by atoms with van der Waals surface area (Å²) in [6, 6.07) is 1.58. The molecule has 2 amide bonds. The number of carbonyl (C=O) groups excluding carboxylic acids is 2. The van der Waals surface area contributed by atoms with Crippen LogP contribution in [0.3, 0.4) is 0 Å². The van der Waals surface area contributed by atoms with Gasteiger partial charge in [0, 0.05) is 13.1 Å². The molecule has 1 N–H and O–H groups in total. The molecule has 0 unspecified atom stereocenters. The molecule has 0 spiro atoms. The van der Waals surface area contributed by atoms with E-state index in [1.54, 1.807) is 6.07 Å². The number of likely N-dealkylation sites (tertiary alicyclic amines) is 1. The van der Waals surface area contributed by atoms with Crippen LogP contribution in [0.15, 0.2) is 23.0 Å². The maximum Gasteiger partial charge on any atom is 0.254 e. The zero-order chi connectivity index (χ0) is 12.8. The van der Waals surface area contributed by atoms with Gasteiger partial charge in [0.1, 0.15) is 6.26 Å². The van der Waals surface area contributed by atoms with E-state index < -0.39 is 0 Å². The van der Waals surface area contributed by atoms with Gasteiger partial charge < -0.3 is 14.6 Å². The van der Waals surface area contributed by atoms with Gasteiger partial charge in [-0.25, -0.2) is 0 Å². The SMILES string of the molecule is O=C(NCC(=O)N1CCCCCC1)c1ccoc1. The Balaban J connectivity index is 1.78.